The van der Waals surface area contributed by atoms with Gasteiger partial charge in [-0.3, -0.25) is 4.79 Å². The molecule has 0 saturated carbocycles. The first kappa shape index (κ1) is 21.9. The summed E-state index contributed by atoms with van der Waals surface area (Å²) in [5, 5.41) is 0. The average Bonchev–Trinajstić information content (AvgIpc) is 2.61. The fourth-order valence-electron chi connectivity index (χ4n) is 3.50. The van der Waals surface area contributed by atoms with Crippen LogP contribution in [-0.4, -0.2) is 31.1 Å². The van der Waals surface area contributed by atoms with Gasteiger partial charge in [0.05, 0.1) is 10.5 Å². The lowest BCUT2D eigenvalue weighted by molar-refractivity contribution is -0.137. The maximum atomic E-state index is 13.1. The lowest BCUT2D eigenvalue weighted by Crippen LogP contribution is -2.49. The zero-order chi connectivity index (χ0) is 20.2. The predicted octanol–water partition coefficient (Wildman–Crippen LogP) is 4.64. The number of Topliss-reactive ketones (excluding diaryl/α,β-unsaturated/α-hetero) is 1. The summed E-state index contributed by atoms with van der Waals surface area (Å²) in [5.41, 5.74) is -0.996. The van der Waals surface area contributed by atoms with E-state index in [1.807, 2.05) is 6.92 Å². The quantitative estimate of drug-likeness (QED) is 0.621. The van der Waals surface area contributed by atoms with E-state index in [4.69, 9.17) is 0 Å². The minimum atomic E-state index is -4.61. The highest BCUT2D eigenvalue weighted by Crippen LogP contribution is 2.34. The van der Waals surface area contributed by atoms with Crippen LogP contribution in [0.3, 0.4) is 0 Å². The van der Waals surface area contributed by atoms with Crippen LogP contribution < -0.4 is 0 Å². The van der Waals surface area contributed by atoms with Crippen molar-refractivity contribution in [3.63, 3.8) is 0 Å². The highest BCUT2D eigenvalue weighted by Gasteiger charge is 2.39. The number of carbonyl (C=O) groups excluding carboxylic acids is 1. The summed E-state index contributed by atoms with van der Waals surface area (Å²) in [5.74, 6) is -0.0424. The van der Waals surface area contributed by atoms with Gasteiger partial charge < -0.3 is 0 Å². The van der Waals surface area contributed by atoms with Crippen molar-refractivity contribution in [2.45, 2.75) is 69.5 Å². The van der Waals surface area contributed by atoms with Crippen LogP contribution in [0.4, 0.5) is 13.2 Å². The third kappa shape index (κ3) is 5.31. The highest BCUT2D eigenvalue weighted by atomic mass is 32.2. The van der Waals surface area contributed by atoms with Gasteiger partial charge in [-0.15, -0.1) is 0 Å². The number of rotatable bonds is 7. The molecule has 152 valence electrons. The summed E-state index contributed by atoms with van der Waals surface area (Å²) in [4.78, 5) is 11.6. The number of nitrogens with zero attached hydrogens (tertiary/aromatic N) is 1. The van der Waals surface area contributed by atoms with Crippen LogP contribution in [0.15, 0.2) is 29.2 Å². The summed E-state index contributed by atoms with van der Waals surface area (Å²) < 4.78 is 66.3. The number of piperidine rings is 1. The summed E-state index contributed by atoms with van der Waals surface area (Å²) in [7, 11) is -4.11. The molecule has 0 aliphatic carbocycles. The average molecular weight is 405 g/mol. The molecule has 4 nitrogen and oxygen atoms in total. The molecule has 2 atom stereocenters. The maximum absolute atomic E-state index is 13.1. The number of unbranched alkanes of at least 4 members (excludes halogenated alkanes) is 2. The van der Waals surface area contributed by atoms with Crippen molar-refractivity contribution in [1.82, 2.24) is 4.31 Å². The van der Waals surface area contributed by atoms with Crippen LogP contribution in [0, 0.1) is 5.92 Å². The molecule has 1 saturated heterocycles. The van der Waals surface area contributed by atoms with Crippen molar-refractivity contribution in [3.05, 3.63) is 29.8 Å². The van der Waals surface area contributed by atoms with E-state index in [-0.39, 0.29) is 36.0 Å². The second-order valence-corrected chi connectivity index (χ2v) is 9.07. The Labute approximate surface area is 158 Å². The molecule has 0 amide bonds. The lowest BCUT2D eigenvalue weighted by atomic mass is 9.89. The van der Waals surface area contributed by atoms with Gasteiger partial charge in [0.15, 0.2) is 0 Å². The monoisotopic (exact) mass is 405 g/mol. The molecule has 1 fully saturated rings. The van der Waals surface area contributed by atoms with Gasteiger partial charge in [0.1, 0.15) is 5.78 Å². The topological polar surface area (TPSA) is 54.5 Å². The number of hydrogen-bond donors (Lipinski definition) is 0. The van der Waals surface area contributed by atoms with Crippen LogP contribution in [0.2, 0.25) is 0 Å². The molecule has 0 N–H and O–H groups in total. The molecule has 0 radical (unpaired) electrons. The van der Waals surface area contributed by atoms with Gasteiger partial charge in [-0.2, -0.15) is 17.5 Å². The third-order valence-corrected chi connectivity index (χ3v) is 7.03. The molecule has 1 aliphatic rings. The molecular weight excluding hydrogens is 379 g/mol. The van der Waals surface area contributed by atoms with Crippen molar-refractivity contribution in [3.8, 4) is 0 Å². The molecule has 1 aromatic rings. The normalized spacial score (nSPS) is 20.6. The Morgan fingerprint density at radius 3 is 2.59 bits per heavy atom. The van der Waals surface area contributed by atoms with Crippen molar-refractivity contribution >= 4 is 15.8 Å². The molecule has 1 aromatic carbocycles. The second-order valence-electron chi connectivity index (χ2n) is 7.17. The predicted molar refractivity (Wildman–Crippen MR) is 96.7 cm³/mol. The van der Waals surface area contributed by atoms with Crippen LogP contribution in [0.5, 0.6) is 0 Å². The van der Waals surface area contributed by atoms with E-state index in [1.54, 1.807) is 0 Å². The van der Waals surface area contributed by atoms with E-state index < -0.39 is 27.8 Å². The smallest absolute Gasteiger partial charge is 0.300 e. The summed E-state index contributed by atoms with van der Waals surface area (Å²) in [6.45, 7) is 3.99. The van der Waals surface area contributed by atoms with Gasteiger partial charge in [0.25, 0.3) is 0 Å². The van der Waals surface area contributed by atoms with Gasteiger partial charge >= 0.3 is 6.18 Å². The standard InChI is InChI=1S/C19H26F3NO3S/c1-3-4-5-7-14(2)18-13-16(24)10-11-23(18)27(25,26)17-9-6-8-15(12-17)19(20,21)22/h6,8-9,12,14,18H,3-5,7,10-11,13H2,1-2H3. The van der Waals surface area contributed by atoms with Crippen molar-refractivity contribution in [1.29, 1.82) is 0 Å². The summed E-state index contributed by atoms with van der Waals surface area (Å²) in [6.07, 6.45) is -0.647. The van der Waals surface area contributed by atoms with Gasteiger partial charge in [0.2, 0.25) is 10.0 Å². The zero-order valence-corrected chi connectivity index (χ0v) is 16.4. The molecule has 2 unspecified atom stereocenters. The zero-order valence-electron chi connectivity index (χ0n) is 15.6. The minimum Gasteiger partial charge on any atom is -0.300 e. The number of hydrogen-bond acceptors (Lipinski definition) is 3. The van der Waals surface area contributed by atoms with Crippen molar-refractivity contribution in [2.24, 2.45) is 5.92 Å². The van der Waals surface area contributed by atoms with E-state index in [0.717, 1.165) is 37.8 Å². The van der Waals surface area contributed by atoms with Gasteiger partial charge in [-0.25, -0.2) is 8.42 Å². The van der Waals surface area contributed by atoms with Crippen LogP contribution in [0.25, 0.3) is 0 Å². The number of carbonyl (C=O) groups is 1. The maximum Gasteiger partial charge on any atom is 0.416 e. The van der Waals surface area contributed by atoms with Crippen LogP contribution >= 0.6 is 0 Å². The molecule has 27 heavy (non-hydrogen) atoms. The molecule has 2 rings (SSSR count). The Morgan fingerprint density at radius 2 is 1.96 bits per heavy atom. The van der Waals surface area contributed by atoms with Gasteiger partial charge in [-0.1, -0.05) is 39.2 Å². The first-order valence-electron chi connectivity index (χ1n) is 9.28. The fourth-order valence-corrected chi connectivity index (χ4v) is 5.27. The molecule has 1 aliphatic heterocycles. The Balaban J connectivity index is 2.32. The summed E-state index contributed by atoms with van der Waals surface area (Å²) >= 11 is 0. The van der Waals surface area contributed by atoms with Gasteiger partial charge in [-0.05, 0) is 30.5 Å². The molecule has 0 bridgehead atoms. The molecular formula is C19H26F3NO3S. The van der Waals surface area contributed by atoms with E-state index in [1.165, 1.54) is 10.4 Å². The second kappa shape index (κ2) is 8.73. The number of alkyl halides is 3. The number of halogens is 3. The lowest BCUT2D eigenvalue weighted by Gasteiger charge is -2.37. The summed E-state index contributed by atoms with van der Waals surface area (Å²) in [6, 6.07) is 3.29. The molecule has 8 heteroatoms. The highest BCUT2D eigenvalue weighted by molar-refractivity contribution is 7.89. The number of sulfonamides is 1. The van der Waals surface area contributed by atoms with Gasteiger partial charge in [0, 0.05) is 25.4 Å². The Kier molecular flexibility index (Phi) is 7.08. The SMILES string of the molecule is CCCCCC(C)C1CC(=O)CCN1S(=O)(=O)c1cccc(C(F)(F)F)c1. The Hall–Kier alpha value is -1.41. The van der Waals surface area contributed by atoms with Crippen molar-refractivity contribution < 1.29 is 26.4 Å². The number of ketones is 1. The fraction of sp³-hybridized carbons (Fsp3) is 0.632. The molecule has 1 heterocycles. The number of benzene rings is 1. The molecule has 0 spiro atoms. The largest absolute Gasteiger partial charge is 0.416 e. The molecule has 0 aromatic heterocycles. The first-order valence-corrected chi connectivity index (χ1v) is 10.7. The van der Waals surface area contributed by atoms with E-state index in [2.05, 4.69) is 6.92 Å². The minimum absolute atomic E-state index is 0.00201. The Bertz CT molecular complexity index is 762. The Morgan fingerprint density at radius 1 is 1.26 bits per heavy atom. The van der Waals surface area contributed by atoms with Crippen molar-refractivity contribution in [2.75, 3.05) is 6.54 Å². The van der Waals surface area contributed by atoms with E-state index in [0.29, 0.717) is 6.07 Å². The third-order valence-electron chi connectivity index (χ3n) is 5.11. The van der Waals surface area contributed by atoms with E-state index >= 15 is 0 Å². The van der Waals surface area contributed by atoms with E-state index in [9.17, 15) is 26.4 Å². The van der Waals surface area contributed by atoms with Crippen LogP contribution in [0.1, 0.15) is 57.9 Å². The van der Waals surface area contributed by atoms with Crippen LogP contribution in [-0.2, 0) is 21.0 Å². The first-order chi connectivity index (χ1) is 12.6.